The molecule has 4 fully saturated rings. The predicted molar refractivity (Wildman–Crippen MR) is 84.7 cm³/mol. The summed E-state index contributed by atoms with van der Waals surface area (Å²) >= 11 is 0. The highest BCUT2D eigenvalue weighted by Gasteiger charge is 2.49. The van der Waals surface area contributed by atoms with E-state index < -0.39 is 0 Å². The largest absolute Gasteiger partial charge is 0.329 e. The first-order valence-corrected chi connectivity index (χ1v) is 8.83. The summed E-state index contributed by atoms with van der Waals surface area (Å²) in [6.45, 7) is 12.1. The molecule has 3 nitrogen and oxygen atoms in total. The maximum atomic E-state index is 6.33. The van der Waals surface area contributed by atoms with Crippen molar-refractivity contribution in [3.8, 4) is 0 Å². The Morgan fingerprint density at radius 3 is 2.35 bits per heavy atom. The van der Waals surface area contributed by atoms with E-state index in [4.69, 9.17) is 5.73 Å². The summed E-state index contributed by atoms with van der Waals surface area (Å²) in [6.07, 6.45) is 6.93. The normalized spacial score (nSPS) is 42.9. The van der Waals surface area contributed by atoms with Crippen molar-refractivity contribution in [3.05, 3.63) is 0 Å². The van der Waals surface area contributed by atoms with Gasteiger partial charge >= 0.3 is 0 Å². The molecule has 4 aliphatic rings. The number of nitrogens with two attached hydrogens (primary N) is 1. The lowest BCUT2D eigenvalue weighted by molar-refractivity contribution is -0.0664. The van der Waals surface area contributed by atoms with E-state index in [1.165, 1.54) is 64.8 Å². The molecule has 0 aromatic carbocycles. The van der Waals surface area contributed by atoms with Crippen LogP contribution in [-0.4, -0.2) is 54.6 Å². The van der Waals surface area contributed by atoms with Gasteiger partial charge in [-0.3, -0.25) is 4.90 Å². The molecule has 4 aliphatic heterocycles. The van der Waals surface area contributed by atoms with Gasteiger partial charge in [-0.1, -0.05) is 13.8 Å². The molecule has 0 aromatic rings. The van der Waals surface area contributed by atoms with Gasteiger partial charge in [0.1, 0.15) is 0 Å². The summed E-state index contributed by atoms with van der Waals surface area (Å²) in [4.78, 5) is 5.48. The third kappa shape index (κ3) is 2.53. The van der Waals surface area contributed by atoms with E-state index in [1.807, 2.05) is 0 Å². The molecular formula is C17H33N3. The molecule has 0 aromatic heterocycles. The smallest absolute Gasteiger partial charge is 0.0487 e. The fraction of sp³-hybridized carbons (Fsp3) is 1.00. The Kier molecular flexibility index (Phi) is 4.40. The lowest BCUT2D eigenvalue weighted by Crippen LogP contribution is -2.70. The SMILES string of the molecule is CC(C)C1CCCN(C2(CN)CN3CCC2CC3)CC1. The van der Waals surface area contributed by atoms with Gasteiger partial charge in [-0.15, -0.1) is 0 Å². The number of rotatable bonds is 3. The van der Waals surface area contributed by atoms with Crippen LogP contribution in [0.2, 0.25) is 0 Å². The van der Waals surface area contributed by atoms with E-state index in [-0.39, 0.29) is 0 Å². The minimum atomic E-state index is 0.308. The van der Waals surface area contributed by atoms with Crippen LogP contribution < -0.4 is 5.73 Å². The molecule has 2 unspecified atom stereocenters. The standard InChI is InChI=1S/C17H33N3/c1-14(2)15-4-3-8-20(11-5-15)17(12-18)13-19-9-6-16(17)7-10-19/h14-16H,3-13,18H2,1-2H3. The van der Waals surface area contributed by atoms with Gasteiger partial charge in [0.25, 0.3) is 0 Å². The predicted octanol–water partition coefficient (Wildman–Crippen LogP) is 2.17. The third-order valence-electron chi connectivity index (χ3n) is 6.54. The van der Waals surface area contributed by atoms with Crippen LogP contribution in [0.4, 0.5) is 0 Å². The number of piperidine rings is 3. The summed E-state index contributed by atoms with van der Waals surface area (Å²) in [5.74, 6) is 2.62. The number of hydrogen-bond acceptors (Lipinski definition) is 3. The number of hydrogen-bond donors (Lipinski definition) is 1. The molecule has 0 saturated carbocycles. The van der Waals surface area contributed by atoms with Crippen LogP contribution in [0, 0.1) is 17.8 Å². The van der Waals surface area contributed by atoms with E-state index in [9.17, 15) is 0 Å². The molecule has 4 heterocycles. The Labute approximate surface area is 124 Å². The summed E-state index contributed by atoms with van der Waals surface area (Å²) < 4.78 is 0. The molecule has 4 saturated heterocycles. The van der Waals surface area contributed by atoms with Gasteiger partial charge in [-0.25, -0.2) is 0 Å². The van der Waals surface area contributed by atoms with Crippen LogP contribution in [0.25, 0.3) is 0 Å². The molecule has 2 N–H and O–H groups in total. The van der Waals surface area contributed by atoms with Crippen molar-refractivity contribution in [1.82, 2.24) is 9.80 Å². The van der Waals surface area contributed by atoms with Crippen LogP contribution in [-0.2, 0) is 0 Å². The molecule has 0 radical (unpaired) electrons. The van der Waals surface area contributed by atoms with Gasteiger partial charge in [-0.05, 0) is 76.0 Å². The maximum Gasteiger partial charge on any atom is 0.0487 e. The molecule has 0 amide bonds. The molecule has 0 spiro atoms. The summed E-state index contributed by atoms with van der Waals surface area (Å²) in [5, 5.41) is 0. The van der Waals surface area contributed by atoms with Crippen LogP contribution >= 0.6 is 0 Å². The quantitative estimate of drug-likeness (QED) is 0.859. The zero-order valence-electron chi connectivity index (χ0n) is 13.5. The summed E-state index contributed by atoms with van der Waals surface area (Å²) in [7, 11) is 0. The maximum absolute atomic E-state index is 6.33. The third-order valence-corrected chi connectivity index (χ3v) is 6.54. The van der Waals surface area contributed by atoms with Gasteiger partial charge in [0.2, 0.25) is 0 Å². The van der Waals surface area contributed by atoms with Crippen molar-refractivity contribution in [2.75, 3.05) is 39.3 Å². The van der Waals surface area contributed by atoms with E-state index in [1.54, 1.807) is 0 Å². The first kappa shape index (κ1) is 14.8. The molecule has 20 heavy (non-hydrogen) atoms. The molecule has 116 valence electrons. The van der Waals surface area contributed by atoms with Crippen molar-refractivity contribution in [3.63, 3.8) is 0 Å². The first-order valence-electron chi connectivity index (χ1n) is 8.83. The highest BCUT2D eigenvalue weighted by atomic mass is 15.3. The van der Waals surface area contributed by atoms with Crippen LogP contribution in [0.1, 0.15) is 46.0 Å². The molecule has 3 heteroatoms. The topological polar surface area (TPSA) is 32.5 Å². The summed E-state index contributed by atoms with van der Waals surface area (Å²) in [6, 6.07) is 0. The van der Waals surface area contributed by atoms with Crippen LogP contribution in [0.15, 0.2) is 0 Å². The van der Waals surface area contributed by atoms with E-state index in [0.717, 1.165) is 24.3 Å². The van der Waals surface area contributed by atoms with E-state index in [0.29, 0.717) is 5.54 Å². The van der Waals surface area contributed by atoms with E-state index in [2.05, 4.69) is 23.6 Å². The Morgan fingerprint density at radius 2 is 1.80 bits per heavy atom. The first-order chi connectivity index (χ1) is 9.65. The Bertz CT molecular complexity index is 322. The minimum absolute atomic E-state index is 0.308. The van der Waals surface area contributed by atoms with Crippen LogP contribution in [0.5, 0.6) is 0 Å². The van der Waals surface area contributed by atoms with Gasteiger partial charge < -0.3 is 10.6 Å². The van der Waals surface area contributed by atoms with Crippen molar-refractivity contribution in [2.45, 2.75) is 51.5 Å². The lowest BCUT2D eigenvalue weighted by Gasteiger charge is -2.57. The van der Waals surface area contributed by atoms with Crippen molar-refractivity contribution in [2.24, 2.45) is 23.5 Å². The second kappa shape index (κ2) is 5.94. The highest BCUT2D eigenvalue weighted by Crippen LogP contribution is 2.40. The molecular weight excluding hydrogens is 246 g/mol. The Balaban J connectivity index is 1.73. The van der Waals surface area contributed by atoms with Crippen molar-refractivity contribution < 1.29 is 0 Å². The Morgan fingerprint density at radius 1 is 1.05 bits per heavy atom. The van der Waals surface area contributed by atoms with Gasteiger partial charge in [0.15, 0.2) is 0 Å². The van der Waals surface area contributed by atoms with Gasteiger partial charge in [0, 0.05) is 18.6 Å². The fourth-order valence-corrected chi connectivity index (χ4v) is 5.10. The zero-order chi connectivity index (χ0) is 14.2. The molecule has 0 aliphatic carbocycles. The lowest BCUT2D eigenvalue weighted by atomic mass is 9.71. The van der Waals surface area contributed by atoms with Gasteiger partial charge in [0.05, 0.1) is 0 Å². The molecule has 2 atom stereocenters. The van der Waals surface area contributed by atoms with Crippen LogP contribution in [0.3, 0.4) is 0 Å². The number of nitrogens with zero attached hydrogens (tertiary/aromatic N) is 2. The van der Waals surface area contributed by atoms with Crippen molar-refractivity contribution in [1.29, 1.82) is 0 Å². The van der Waals surface area contributed by atoms with Gasteiger partial charge in [-0.2, -0.15) is 0 Å². The summed E-state index contributed by atoms with van der Waals surface area (Å²) in [5.41, 5.74) is 6.64. The molecule has 4 rings (SSSR count). The Hall–Kier alpha value is -0.120. The average molecular weight is 279 g/mol. The number of likely N-dealkylation sites (tertiary alicyclic amines) is 1. The van der Waals surface area contributed by atoms with E-state index >= 15 is 0 Å². The highest BCUT2D eigenvalue weighted by molar-refractivity contribution is 5.06. The average Bonchev–Trinajstić information content (AvgIpc) is 2.74. The second-order valence-electron chi connectivity index (χ2n) is 7.78. The second-order valence-corrected chi connectivity index (χ2v) is 7.78. The fourth-order valence-electron chi connectivity index (χ4n) is 5.10. The minimum Gasteiger partial charge on any atom is -0.329 e. The zero-order valence-corrected chi connectivity index (χ0v) is 13.5. The monoisotopic (exact) mass is 279 g/mol. The van der Waals surface area contributed by atoms with Crippen molar-refractivity contribution >= 4 is 0 Å². The number of fused-ring (bicyclic) bond motifs is 3. The molecule has 2 bridgehead atoms.